The average Bonchev–Trinajstić information content (AvgIpc) is 3.17. The zero-order valence-corrected chi connectivity index (χ0v) is 41.7. The van der Waals surface area contributed by atoms with Crippen LogP contribution in [0.4, 0.5) is 0 Å². The van der Waals surface area contributed by atoms with Gasteiger partial charge in [0.05, 0.1) is 56.9 Å². The molecule has 0 fully saturated rings. The number of hydrogen-bond acceptors (Lipinski definition) is 8. The Bertz CT molecular complexity index is 1720. The minimum Gasteiger partial charge on any atom is -0.497 e. The molecule has 340 valence electrons. The van der Waals surface area contributed by atoms with Crippen LogP contribution in [0.25, 0.3) is 0 Å². The van der Waals surface area contributed by atoms with Gasteiger partial charge in [0.25, 0.3) is 0 Å². The summed E-state index contributed by atoms with van der Waals surface area (Å²) < 4.78 is 44.7. The molecule has 0 bridgehead atoms. The fourth-order valence-corrected chi connectivity index (χ4v) is 9.16. The lowest BCUT2D eigenvalue weighted by Crippen LogP contribution is -2.47. The van der Waals surface area contributed by atoms with E-state index in [9.17, 15) is 4.79 Å². The van der Waals surface area contributed by atoms with Crippen LogP contribution in [-0.2, 0) is 39.2 Å². The summed E-state index contributed by atoms with van der Waals surface area (Å²) in [6, 6.07) is 8.03. The number of benzene rings is 1. The lowest BCUT2D eigenvalue weighted by atomic mass is 9.98. The van der Waals surface area contributed by atoms with Crippen molar-refractivity contribution in [3.05, 3.63) is 90.1 Å². The van der Waals surface area contributed by atoms with Gasteiger partial charge in [0.2, 0.25) is 0 Å². The Morgan fingerprint density at radius 2 is 1.67 bits per heavy atom. The number of carbonyl (C=O) groups is 1. The molecule has 0 amide bonds. The molecule has 1 unspecified atom stereocenters. The second kappa shape index (κ2) is 24.1. The van der Waals surface area contributed by atoms with E-state index in [2.05, 4.69) is 123 Å². The van der Waals surface area contributed by atoms with Crippen molar-refractivity contribution in [2.24, 2.45) is 0 Å². The molecule has 0 spiro atoms. The molecule has 7 atom stereocenters. The van der Waals surface area contributed by atoms with Gasteiger partial charge in [0.1, 0.15) is 11.9 Å². The smallest absolute Gasteiger partial charge is 0.381 e. The van der Waals surface area contributed by atoms with Gasteiger partial charge in [0.15, 0.2) is 16.6 Å². The van der Waals surface area contributed by atoms with Crippen molar-refractivity contribution < 1.29 is 42.4 Å². The molecule has 1 N–H and O–H groups in total. The first kappa shape index (κ1) is 52.3. The van der Waals surface area contributed by atoms with Crippen LogP contribution in [0.5, 0.6) is 5.75 Å². The third kappa shape index (κ3) is 17.9. The summed E-state index contributed by atoms with van der Waals surface area (Å²) in [4.78, 5) is 10.9. The third-order valence-electron chi connectivity index (χ3n) is 12.5. The lowest BCUT2D eigenvalue weighted by Gasteiger charge is -2.40. The predicted molar refractivity (Wildman–Crippen MR) is 253 cm³/mol. The second-order valence-corrected chi connectivity index (χ2v) is 29.1. The number of hydrogen-bond donors (Lipinski definition) is 1. The summed E-state index contributed by atoms with van der Waals surface area (Å²) in [6.45, 7) is 30.5. The Labute approximate surface area is 371 Å². The second-order valence-electron chi connectivity index (χ2n) is 19.6. The van der Waals surface area contributed by atoms with E-state index in [1.54, 1.807) is 14.2 Å². The molecular formula is C50H78O9Si2. The van der Waals surface area contributed by atoms with E-state index in [4.69, 9.17) is 37.6 Å². The molecule has 9 nitrogen and oxygen atoms in total. The fourth-order valence-electron chi connectivity index (χ4n) is 6.63. The van der Waals surface area contributed by atoms with Gasteiger partial charge in [0, 0.05) is 19.5 Å². The number of methoxy groups -OCH3 is 2. The summed E-state index contributed by atoms with van der Waals surface area (Å²) in [7, 11) is -1.04. The molecule has 2 aliphatic heterocycles. The Balaban J connectivity index is 1.86. The highest BCUT2D eigenvalue weighted by Gasteiger charge is 2.41. The first-order chi connectivity index (χ1) is 28.5. The van der Waals surface area contributed by atoms with Gasteiger partial charge in [-0.05, 0) is 99.4 Å². The molecule has 0 saturated heterocycles. The highest BCUT2D eigenvalue weighted by molar-refractivity contribution is 6.74. The van der Waals surface area contributed by atoms with Crippen LogP contribution in [-0.4, -0.2) is 91.3 Å². The van der Waals surface area contributed by atoms with Crippen molar-refractivity contribution >= 4 is 22.6 Å². The molecule has 1 aromatic carbocycles. The number of ether oxygens (including phenoxy) is 5. The van der Waals surface area contributed by atoms with Gasteiger partial charge in [-0.2, -0.15) is 0 Å². The first-order valence-corrected chi connectivity index (χ1v) is 27.8. The van der Waals surface area contributed by atoms with Crippen LogP contribution in [0, 0.1) is 11.8 Å². The molecule has 0 aliphatic carbocycles. The van der Waals surface area contributed by atoms with E-state index in [0.717, 1.165) is 42.6 Å². The van der Waals surface area contributed by atoms with Crippen LogP contribution in [0.15, 0.2) is 84.5 Å². The van der Waals surface area contributed by atoms with Crippen LogP contribution in [0.2, 0.25) is 36.3 Å². The fraction of sp³-hybridized carbons (Fsp3) is 0.620. The SMILES string of the molecule is C=C(CCC[C@H]1O[C@H](CC#CC(=O)O)C=C[C@@H]1OC)CC(C=CC[C@H](OCc1ccc(OC)cc1)[C@H](C=C[C@@H]1CC(C)=CCO1)O[Si](C)(C)C(C)(C)C)O[Si](C)(C)C(C)(C)C. The summed E-state index contributed by atoms with van der Waals surface area (Å²) in [5.41, 5.74) is 3.51. The highest BCUT2D eigenvalue weighted by Crippen LogP contribution is 2.40. The molecule has 1 aromatic rings. The van der Waals surface area contributed by atoms with Gasteiger partial charge in [-0.1, -0.05) is 120 Å². The quantitative estimate of drug-likeness (QED) is 0.0693. The van der Waals surface area contributed by atoms with Crippen LogP contribution in [0.1, 0.15) is 99.0 Å². The topological polar surface area (TPSA) is 102 Å². The Kier molecular flexibility index (Phi) is 20.7. The maximum absolute atomic E-state index is 10.9. The summed E-state index contributed by atoms with van der Waals surface area (Å²) in [5.74, 6) is 4.54. The highest BCUT2D eigenvalue weighted by atomic mass is 28.4. The molecule has 0 radical (unpaired) electrons. The maximum atomic E-state index is 10.9. The van der Waals surface area contributed by atoms with Crippen molar-refractivity contribution in [3.8, 4) is 17.6 Å². The summed E-state index contributed by atoms with van der Waals surface area (Å²) in [5, 5.41) is 8.94. The molecule has 3 rings (SSSR count). The van der Waals surface area contributed by atoms with Gasteiger partial charge in [-0.25, -0.2) is 4.79 Å². The van der Waals surface area contributed by atoms with E-state index >= 15 is 0 Å². The van der Waals surface area contributed by atoms with Crippen molar-refractivity contribution in [2.45, 2.75) is 179 Å². The minimum absolute atomic E-state index is 0.00121. The predicted octanol–water partition coefficient (Wildman–Crippen LogP) is 11.5. The van der Waals surface area contributed by atoms with E-state index in [0.29, 0.717) is 32.5 Å². The Morgan fingerprint density at radius 3 is 2.28 bits per heavy atom. The van der Waals surface area contributed by atoms with Gasteiger partial charge < -0.3 is 37.6 Å². The third-order valence-corrected chi connectivity index (χ3v) is 21.5. The van der Waals surface area contributed by atoms with Crippen molar-refractivity contribution in [2.75, 3.05) is 20.8 Å². The Morgan fingerprint density at radius 1 is 1.00 bits per heavy atom. The summed E-state index contributed by atoms with van der Waals surface area (Å²) in [6.07, 6.45) is 18.5. The number of aliphatic carboxylic acids is 1. The standard InChI is InChI=1S/C50H78O9Si2/c1-37(18-15-22-46-44(54-10)30-28-41(57-46)19-17-23-48(51)52)35-43(58-60(11,12)49(3,4)5)20-16-21-45(56-36-39-24-26-40(53-9)27-25-39)47(59-61(13,14)50(6,7)8)31-29-42-34-38(2)32-33-55-42/h16,20,24-32,41-47H,1,15,18-19,21-22,33-36H2,2-14H3,(H,51,52)/t41-,42-,43?,44+,45+,46-,47+/m1/s1. The zero-order valence-electron chi connectivity index (χ0n) is 39.7. The van der Waals surface area contributed by atoms with Gasteiger partial charge >= 0.3 is 5.97 Å². The normalized spacial score (nSPS) is 21.8. The zero-order chi connectivity index (χ0) is 45.4. The van der Waals surface area contributed by atoms with Crippen LogP contribution >= 0.6 is 0 Å². The van der Waals surface area contributed by atoms with E-state index < -0.39 is 22.6 Å². The summed E-state index contributed by atoms with van der Waals surface area (Å²) >= 11 is 0. The van der Waals surface area contributed by atoms with Crippen LogP contribution in [0.3, 0.4) is 0 Å². The molecule has 61 heavy (non-hydrogen) atoms. The molecule has 11 heteroatoms. The molecular weight excluding hydrogens is 801 g/mol. The van der Waals surface area contributed by atoms with Gasteiger partial charge in [-0.3, -0.25) is 0 Å². The molecule has 0 aromatic heterocycles. The number of rotatable bonds is 22. The van der Waals surface area contributed by atoms with Crippen molar-refractivity contribution in [3.63, 3.8) is 0 Å². The molecule has 0 saturated carbocycles. The molecule has 2 aliphatic rings. The van der Waals surface area contributed by atoms with Gasteiger partial charge in [-0.15, -0.1) is 0 Å². The van der Waals surface area contributed by atoms with E-state index in [-0.39, 0.29) is 52.8 Å². The monoisotopic (exact) mass is 879 g/mol. The number of carboxylic acids is 1. The maximum Gasteiger partial charge on any atom is 0.381 e. The van der Waals surface area contributed by atoms with E-state index in [1.165, 1.54) is 5.57 Å². The van der Waals surface area contributed by atoms with Crippen molar-refractivity contribution in [1.82, 2.24) is 0 Å². The first-order valence-electron chi connectivity index (χ1n) is 22.0. The Hall–Kier alpha value is -3.06. The van der Waals surface area contributed by atoms with E-state index in [1.807, 2.05) is 36.4 Å². The largest absolute Gasteiger partial charge is 0.497 e. The molecule has 2 heterocycles. The van der Waals surface area contributed by atoms with Crippen LogP contribution < -0.4 is 4.74 Å². The lowest BCUT2D eigenvalue weighted by molar-refractivity contribution is -0.130. The number of carboxylic acid groups (broad SMARTS) is 1. The van der Waals surface area contributed by atoms with Crippen molar-refractivity contribution in [1.29, 1.82) is 0 Å². The average molecular weight is 879 g/mol. The minimum atomic E-state index is -2.24.